The minimum atomic E-state index is -0.470. The Morgan fingerprint density at radius 1 is 1.22 bits per heavy atom. The monoisotopic (exact) mass is 385 g/mol. The van der Waals surface area contributed by atoms with Crippen LogP contribution in [-0.2, 0) is 0 Å². The number of nitro benzene ring substituents is 1. The maximum Gasteiger partial charge on any atom is 0.270 e. The fourth-order valence-corrected chi connectivity index (χ4v) is 4.05. The molecule has 0 spiro atoms. The molecular weight excluding hydrogens is 362 g/mol. The highest BCUT2D eigenvalue weighted by molar-refractivity contribution is 7.99. The summed E-state index contributed by atoms with van der Waals surface area (Å²) in [4.78, 5) is 25.2. The SMILES string of the molecule is CC1(CNC(=O)c2cc([N+](=O)[O-])ccc2Sc2ccccc2)CCNCC1. The molecule has 0 atom stereocenters. The van der Waals surface area contributed by atoms with Crippen molar-refractivity contribution >= 4 is 23.4 Å². The van der Waals surface area contributed by atoms with E-state index in [9.17, 15) is 14.9 Å². The molecule has 0 aromatic heterocycles. The maximum atomic E-state index is 12.9. The highest BCUT2D eigenvalue weighted by Crippen LogP contribution is 2.33. The molecule has 1 amide bonds. The molecule has 1 aliphatic rings. The number of benzene rings is 2. The second-order valence-electron chi connectivity index (χ2n) is 7.10. The Hall–Kier alpha value is -2.38. The smallest absolute Gasteiger partial charge is 0.270 e. The Kier molecular flexibility index (Phi) is 6.13. The van der Waals surface area contributed by atoms with Gasteiger partial charge in [0.15, 0.2) is 0 Å². The highest BCUT2D eigenvalue weighted by atomic mass is 32.2. The molecule has 142 valence electrons. The molecule has 1 fully saturated rings. The summed E-state index contributed by atoms with van der Waals surface area (Å²) in [6, 6.07) is 14.1. The summed E-state index contributed by atoms with van der Waals surface area (Å²) in [5.41, 5.74) is 0.315. The first-order valence-electron chi connectivity index (χ1n) is 8.97. The van der Waals surface area contributed by atoms with Crippen LogP contribution in [0.3, 0.4) is 0 Å². The van der Waals surface area contributed by atoms with Gasteiger partial charge in [0, 0.05) is 28.5 Å². The van der Waals surface area contributed by atoms with Gasteiger partial charge in [-0.15, -0.1) is 0 Å². The molecule has 3 rings (SSSR count). The van der Waals surface area contributed by atoms with Gasteiger partial charge >= 0.3 is 0 Å². The van der Waals surface area contributed by atoms with E-state index < -0.39 is 4.92 Å². The van der Waals surface area contributed by atoms with E-state index >= 15 is 0 Å². The topological polar surface area (TPSA) is 84.3 Å². The minimum Gasteiger partial charge on any atom is -0.351 e. The molecule has 1 aliphatic heterocycles. The molecule has 0 radical (unpaired) electrons. The Morgan fingerprint density at radius 3 is 2.59 bits per heavy atom. The molecule has 0 bridgehead atoms. The van der Waals surface area contributed by atoms with E-state index in [1.807, 2.05) is 30.3 Å². The van der Waals surface area contributed by atoms with E-state index in [1.54, 1.807) is 6.07 Å². The zero-order valence-corrected chi connectivity index (χ0v) is 16.1. The number of nitrogens with zero attached hydrogens (tertiary/aromatic N) is 1. The van der Waals surface area contributed by atoms with Gasteiger partial charge in [-0.3, -0.25) is 14.9 Å². The van der Waals surface area contributed by atoms with Gasteiger partial charge in [0.1, 0.15) is 0 Å². The Balaban J connectivity index is 1.81. The predicted molar refractivity (Wildman–Crippen MR) is 106 cm³/mol. The van der Waals surface area contributed by atoms with Crippen molar-refractivity contribution < 1.29 is 9.72 Å². The molecule has 2 N–H and O–H groups in total. The number of piperidine rings is 1. The highest BCUT2D eigenvalue weighted by Gasteiger charge is 2.28. The Morgan fingerprint density at radius 2 is 1.93 bits per heavy atom. The summed E-state index contributed by atoms with van der Waals surface area (Å²) in [7, 11) is 0. The van der Waals surface area contributed by atoms with Crippen LogP contribution in [0.1, 0.15) is 30.1 Å². The van der Waals surface area contributed by atoms with Crippen LogP contribution in [0.15, 0.2) is 58.3 Å². The quantitative estimate of drug-likeness (QED) is 0.583. The van der Waals surface area contributed by atoms with Crippen LogP contribution in [0.4, 0.5) is 5.69 Å². The number of nitro groups is 1. The van der Waals surface area contributed by atoms with Gasteiger partial charge in [0.25, 0.3) is 11.6 Å². The molecule has 2 aromatic carbocycles. The second kappa shape index (κ2) is 8.54. The van der Waals surface area contributed by atoms with E-state index in [-0.39, 0.29) is 17.0 Å². The number of rotatable bonds is 6. The van der Waals surface area contributed by atoms with Crippen molar-refractivity contribution in [1.29, 1.82) is 0 Å². The summed E-state index contributed by atoms with van der Waals surface area (Å²) >= 11 is 1.43. The molecule has 2 aromatic rings. The predicted octanol–water partition coefficient (Wildman–Crippen LogP) is 3.87. The largest absolute Gasteiger partial charge is 0.351 e. The third-order valence-corrected chi connectivity index (χ3v) is 5.96. The van der Waals surface area contributed by atoms with Crippen LogP contribution in [0, 0.1) is 15.5 Å². The molecular formula is C20H23N3O3S. The molecule has 1 saturated heterocycles. The maximum absolute atomic E-state index is 12.9. The number of amides is 1. The lowest BCUT2D eigenvalue weighted by molar-refractivity contribution is -0.384. The van der Waals surface area contributed by atoms with E-state index in [1.165, 1.54) is 23.9 Å². The minimum absolute atomic E-state index is 0.0500. The number of nitrogens with one attached hydrogen (secondary N) is 2. The first kappa shape index (κ1) is 19.4. The van der Waals surface area contributed by atoms with Crippen LogP contribution >= 0.6 is 11.8 Å². The zero-order valence-electron chi connectivity index (χ0n) is 15.2. The molecule has 0 aliphatic carbocycles. The number of hydrogen-bond acceptors (Lipinski definition) is 5. The lowest BCUT2D eigenvalue weighted by Crippen LogP contribution is -2.43. The van der Waals surface area contributed by atoms with Crippen LogP contribution in [0.2, 0.25) is 0 Å². The third kappa shape index (κ3) is 5.08. The van der Waals surface area contributed by atoms with Gasteiger partial charge < -0.3 is 10.6 Å². The summed E-state index contributed by atoms with van der Waals surface area (Å²) in [6.45, 7) is 4.61. The van der Waals surface area contributed by atoms with Crippen LogP contribution in [0.25, 0.3) is 0 Å². The average Bonchev–Trinajstić information content (AvgIpc) is 2.68. The van der Waals surface area contributed by atoms with Crippen molar-refractivity contribution in [2.45, 2.75) is 29.6 Å². The van der Waals surface area contributed by atoms with Gasteiger partial charge in [-0.1, -0.05) is 36.9 Å². The van der Waals surface area contributed by atoms with E-state index in [0.29, 0.717) is 17.0 Å². The van der Waals surface area contributed by atoms with Crippen molar-refractivity contribution in [2.24, 2.45) is 5.41 Å². The molecule has 6 nitrogen and oxygen atoms in total. The Bertz CT molecular complexity index is 820. The van der Waals surface area contributed by atoms with Gasteiger partial charge in [0.05, 0.1) is 10.5 Å². The molecule has 0 saturated carbocycles. The van der Waals surface area contributed by atoms with Gasteiger partial charge in [0.2, 0.25) is 0 Å². The standard InChI is InChI=1S/C20H23N3O3S/c1-20(9-11-21-12-10-20)14-22-19(24)17-13-15(23(25)26)7-8-18(17)27-16-5-3-2-4-6-16/h2-8,13,21H,9-12,14H2,1H3,(H,22,24). The average molecular weight is 385 g/mol. The van der Waals surface area contributed by atoms with Gasteiger partial charge in [-0.05, 0) is 49.5 Å². The lowest BCUT2D eigenvalue weighted by Gasteiger charge is -2.34. The van der Waals surface area contributed by atoms with Crippen molar-refractivity contribution in [3.05, 3.63) is 64.2 Å². The molecule has 1 heterocycles. The second-order valence-corrected chi connectivity index (χ2v) is 8.21. The third-order valence-electron chi connectivity index (χ3n) is 4.88. The fraction of sp³-hybridized carbons (Fsp3) is 0.350. The number of carbonyl (C=O) groups excluding carboxylic acids is 1. The van der Waals surface area contributed by atoms with Crippen LogP contribution < -0.4 is 10.6 Å². The lowest BCUT2D eigenvalue weighted by atomic mass is 9.81. The zero-order chi connectivity index (χ0) is 19.3. The van der Waals surface area contributed by atoms with E-state index in [2.05, 4.69) is 17.6 Å². The Labute approximate surface area is 162 Å². The van der Waals surface area contributed by atoms with Crippen LogP contribution in [0.5, 0.6) is 0 Å². The summed E-state index contributed by atoms with van der Waals surface area (Å²) in [6.07, 6.45) is 1.99. The number of hydrogen-bond donors (Lipinski definition) is 2. The van der Waals surface area contributed by atoms with E-state index in [4.69, 9.17) is 0 Å². The first-order valence-corrected chi connectivity index (χ1v) is 9.79. The van der Waals surface area contributed by atoms with E-state index in [0.717, 1.165) is 30.8 Å². The van der Waals surface area contributed by atoms with Crippen molar-refractivity contribution in [1.82, 2.24) is 10.6 Å². The van der Waals surface area contributed by atoms with Crippen molar-refractivity contribution in [2.75, 3.05) is 19.6 Å². The fourth-order valence-electron chi connectivity index (χ4n) is 3.11. The number of carbonyl (C=O) groups is 1. The summed E-state index contributed by atoms with van der Waals surface area (Å²) in [5.74, 6) is -0.267. The number of non-ortho nitro benzene ring substituents is 1. The summed E-state index contributed by atoms with van der Waals surface area (Å²) < 4.78 is 0. The molecule has 27 heavy (non-hydrogen) atoms. The summed E-state index contributed by atoms with van der Waals surface area (Å²) in [5, 5.41) is 17.5. The van der Waals surface area contributed by atoms with Gasteiger partial charge in [-0.25, -0.2) is 0 Å². The van der Waals surface area contributed by atoms with Gasteiger partial charge in [-0.2, -0.15) is 0 Å². The normalized spacial score (nSPS) is 15.9. The van der Waals surface area contributed by atoms with Crippen molar-refractivity contribution in [3.63, 3.8) is 0 Å². The first-order chi connectivity index (χ1) is 13.0. The van der Waals surface area contributed by atoms with Crippen molar-refractivity contribution in [3.8, 4) is 0 Å². The van der Waals surface area contributed by atoms with Crippen LogP contribution in [-0.4, -0.2) is 30.5 Å². The molecule has 7 heteroatoms. The molecule has 0 unspecified atom stereocenters.